The highest BCUT2D eigenvalue weighted by molar-refractivity contribution is 5.89. The zero-order valence-corrected chi connectivity index (χ0v) is 12.1. The Balaban J connectivity index is 1.50. The van der Waals surface area contributed by atoms with Crippen LogP contribution in [0.3, 0.4) is 0 Å². The van der Waals surface area contributed by atoms with Crippen LogP contribution in [0.4, 0.5) is 16.3 Å². The predicted octanol–water partition coefficient (Wildman–Crippen LogP) is 1.83. The highest BCUT2D eigenvalue weighted by Gasteiger charge is 2.12. The topological polar surface area (TPSA) is 79.6 Å². The van der Waals surface area contributed by atoms with E-state index in [1.165, 1.54) is 0 Å². The molecule has 1 aliphatic rings. The molecule has 3 rings (SSSR count). The number of carbonyl (C=O) groups is 1. The summed E-state index contributed by atoms with van der Waals surface area (Å²) in [7, 11) is 0. The number of ether oxygens (including phenoxy) is 1. The van der Waals surface area contributed by atoms with E-state index < -0.39 is 0 Å². The van der Waals surface area contributed by atoms with Gasteiger partial charge in [-0.05, 0) is 18.2 Å². The molecule has 0 aliphatic carbocycles. The molecule has 0 unspecified atom stereocenters. The van der Waals surface area contributed by atoms with Crippen molar-refractivity contribution >= 4 is 17.5 Å². The van der Waals surface area contributed by atoms with Gasteiger partial charge in [0.25, 0.3) is 0 Å². The van der Waals surface area contributed by atoms with Crippen LogP contribution in [0, 0.1) is 0 Å². The fourth-order valence-electron chi connectivity index (χ4n) is 2.19. The van der Waals surface area contributed by atoms with E-state index in [1.807, 2.05) is 12.1 Å². The van der Waals surface area contributed by atoms with Crippen LogP contribution in [0.2, 0.25) is 0 Å². The lowest BCUT2D eigenvalue weighted by Gasteiger charge is -2.27. The van der Waals surface area contributed by atoms with E-state index in [2.05, 4.69) is 20.5 Å². The molecule has 1 fully saturated rings. The second-order valence-corrected chi connectivity index (χ2v) is 4.94. The number of morpholine rings is 1. The van der Waals surface area contributed by atoms with E-state index in [0.29, 0.717) is 12.2 Å². The third-order valence-electron chi connectivity index (χ3n) is 3.37. The average Bonchev–Trinajstić information content (AvgIpc) is 3.08. The van der Waals surface area contributed by atoms with Crippen LogP contribution in [-0.2, 0) is 11.3 Å². The fourth-order valence-corrected chi connectivity index (χ4v) is 2.19. The number of pyridine rings is 1. The van der Waals surface area contributed by atoms with Crippen LogP contribution in [0.5, 0.6) is 0 Å². The number of carbonyl (C=O) groups excluding carboxylic acids is 1. The number of nitrogens with one attached hydrogen (secondary N) is 2. The third-order valence-corrected chi connectivity index (χ3v) is 3.37. The van der Waals surface area contributed by atoms with Crippen LogP contribution in [0.25, 0.3) is 0 Å². The SMILES string of the molecule is O=C(NCc1ccoc1)Nc1ccc(N2CCOCC2)nc1. The van der Waals surface area contributed by atoms with Gasteiger partial charge in [0.05, 0.1) is 37.6 Å². The Hall–Kier alpha value is -2.54. The Bertz CT molecular complexity index is 592. The zero-order valence-electron chi connectivity index (χ0n) is 12.1. The van der Waals surface area contributed by atoms with Gasteiger partial charge in [0.15, 0.2) is 0 Å². The molecule has 1 saturated heterocycles. The maximum Gasteiger partial charge on any atom is 0.319 e. The van der Waals surface area contributed by atoms with Gasteiger partial charge in [0.1, 0.15) is 5.82 Å². The van der Waals surface area contributed by atoms with E-state index in [4.69, 9.17) is 9.15 Å². The van der Waals surface area contributed by atoms with Gasteiger partial charge in [-0.2, -0.15) is 0 Å². The zero-order chi connectivity index (χ0) is 15.2. The predicted molar refractivity (Wildman–Crippen MR) is 81.8 cm³/mol. The van der Waals surface area contributed by atoms with Crippen molar-refractivity contribution in [2.24, 2.45) is 0 Å². The number of furan rings is 1. The summed E-state index contributed by atoms with van der Waals surface area (Å²) in [4.78, 5) is 18.3. The summed E-state index contributed by atoms with van der Waals surface area (Å²) >= 11 is 0. The van der Waals surface area contributed by atoms with E-state index >= 15 is 0 Å². The van der Waals surface area contributed by atoms with E-state index in [9.17, 15) is 4.79 Å². The highest BCUT2D eigenvalue weighted by Crippen LogP contribution is 2.15. The van der Waals surface area contributed by atoms with Crippen molar-refractivity contribution in [3.8, 4) is 0 Å². The quantitative estimate of drug-likeness (QED) is 0.901. The molecule has 0 atom stereocenters. The summed E-state index contributed by atoms with van der Waals surface area (Å²) in [5, 5.41) is 5.49. The highest BCUT2D eigenvalue weighted by atomic mass is 16.5. The molecule has 116 valence electrons. The molecule has 2 aromatic rings. The van der Waals surface area contributed by atoms with Crippen molar-refractivity contribution in [3.05, 3.63) is 42.5 Å². The monoisotopic (exact) mass is 302 g/mol. The summed E-state index contributed by atoms with van der Waals surface area (Å²) in [6.07, 6.45) is 4.82. The summed E-state index contributed by atoms with van der Waals surface area (Å²) in [6.45, 7) is 3.54. The molecule has 2 N–H and O–H groups in total. The van der Waals surface area contributed by atoms with Crippen molar-refractivity contribution < 1.29 is 13.9 Å². The van der Waals surface area contributed by atoms with Gasteiger partial charge in [-0.15, -0.1) is 0 Å². The summed E-state index contributed by atoms with van der Waals surface area (Å²) in [6, 6.07) is 5.27. The van der Waals surface area contributed by atoms with Crippen molar-refractivity contribution in [2.75, 3.05) is 36.5 Å². The number of hydrogen-bond donors (Lipinski definition) is 2. The molecule has 1 aliphatic heterocycles. The molecule has 3 heterocycles. The molecular weight excluding hydrogens is 284 g/mol. The number of aromatic nitrogens is 1. The van der Waals surface area contributed by atoms with Gasteiger partial charge in [0.2, 0.25) is 0 Å². The standard InChI is InChI=1S/C15H18N4O3/c20-15(17-9-12-3-6-22-11-12)18-13-1-2-14(16-10-13)19-4-7-21-8-5-19/h1-3,6,10-11H,4-5,7-9H2,(H2,17,18,20). The number of nitrogens with zero attached hydrogens (tertiary/aromatic N) is 2. The van der Waals surface area contributed by atoms with Gasteiger partial charge in [-0.1, -0.05) is 0 Å². The largest absolute Gasteiger partial charge is 0.472 e. The first-order valence-corrected chi connectivity index (χ1v) is 7.16. The number of rotatable bonds is 4. The summed E-state index contributed by atoms with van der Waals surface area (Å²) in [5.74, 6) is 0.896. The molecular formula is C15H18N4O3. The second kappa shape index (κ2) is 6.95. The molecule has 2 aromatic heterocycles. The molecule has 22 heavy (non-hydrogen) atoms. The number of hydrogen-bond acceptors (Lipinski definition) is 5. The van der Waals surface area contributed by atoms with Crippen LogP contribution in [0.1, 0.15) is 5.56 Å². The molecule has 0 radical (unpaired) electrons. The minimum Gasteiger partial charge on any atom is -0.472 e. The van der Waals surface area contributed by atoms with E-state index in [0.717, 1.165) is 37.7 Å². The normalized spacial score (nSPS) is 14.6. The maximum atomic E-state index is 11.8. The van der Waals surface area contributed by atoms with Crippen LogP contribution >= 0.6 is 0 Å². The maximum absolute atomic E-state index is 11.8. The van der Waals surface area contributed by atoms with Crippen LogP contribution in [0.15, 0.2) is 41.3 Å². The number of urea groups is 1. The van der Waals surface area contributed by atoms with Gasteiger partial charge in [0, 0.05) is 25.2 Å². The first kappa shape index (κ1) is 14.4. The molecule has 0 bridgehead atoms. The summed E-state index contributed by atoms with van der Waals surface area (Å²) < 4.78 is 10.3. The molecule has 0 aromatic carbocycles. The summed E-state index contributed by atoms with van der Waals surface area (Å²) in [5.41, 5.74) is 1.57. The second-order valence-electron chi connectivity index (χ2n) is 4.94. The minimum absolute atomic E-state index is 0.276. The minimum atomic E-state index is -0.276. The van der Waals surface area contributed by atoms with Crippen LogP contribution < -0.4 is 15.5 Å². The smallest absolute Gasteiger partial charge is 0.319 e. The lowest BCUT2D eigenvalue weighted by Crippen LogP contribution is -2.36. The van der Waals surface area contributed by atoms with Crippen LogP contribution in [-0.4, -0.2) is 37.3 Å². The third kappa shape index (κ3) is 3.76. The molecule has 2 amide bonds. The van der Waals surface area contributed by atoms with E-state index in [1.54, 1.807) is 24.8 Å². The number of amides is 2. The fraction of sp³-hybridized carbons (Fsp3) is 0.333. The van der Waals surface area contributed by atoms with Gasteiger partial charge in [-0.3, -0.25) is 0 Å². The Morgan fingerprint density at radius 2 is 2.14 bits per heavy atom. The Labute approximate surface area is 128 Å². The van der Waals surface area contributed by atoms with Crippen molar-refractivity contribution in [1.82, 2.24) is 10.3 Å². The lowest BCUT2D eigenvalue weighted by atomic mass is 10.3. The molecule has 7 nitrogen and oxygen atoms in total. The molecule has 0 spiro atoms. The lowest BCUT2D eigenvalue weighted by molar-refractivity contribution is 0.122. The molecule has 7 heteroatoms. The number of anilines is 2. The average molecular weight is 302 g/mol. The molecule has 0 saturated carbocycles. The van der Waals surface area contributed by atoms with E-state index in [-0.39, 0.29) is 6.03 Å². The van der Waals surface area contributed by atoms with Gasteiger partial charge < -0.3 is 24.7 Å². The Kier molecular flexibility index (Phi) is 4.55. The van der Waals surface area contributed by atoms with Crippen molar-refractivity contribution in [1.29, 1.82) is 0 Å². The Morgan fingerprint density at radius 3 is 2.82 bits per heavy atom. The van der Waals surface area contributed by atoms with Crippen molar-refractivity contribution in [3.63, 3.8) is 0 Å². The first-order chi connectivity index (χ1) is 10.8. The van der Waals surface area contributed by atoms with Gasteiger partial charge in [-0.25, -0.2) is 9.78 Å². The van der Waals surface area contributed by atoms with Crippen molar-refractivity contribution in [2.45, 2.75) is 6.54 Å². The first-order valence-electron chi connectivity index (χ1n) is 7.16. The van der Waals surface area contributed by atoms with Gasteiger partial charge >= 0.3 is 6.03 Å². The Morgan fingerprint density at radius 1 is 1.27 bits per heavy atom.